The third kappa shape index (κ3) is 3.75. The summed E-state index contributed by atoms with van der Waals surface area (Å²) in [4.78, 5) is 29.7. The first kappa shape index (κ1) is 18.5. The average molecular weight is 369 g/mol. The van der Waals surface area contributed by atoms with Gasteiger partial charge in [-0.1, -0.05) is 49.9 Å². The Morgan fingerprint density at radius 3 is 2.50 bits per heavy atom. The van der Waals surface area contributed by atoms with E-state index in [1.807, 2.05) is 43.3 Å². The number of benzene rings is 2. The highest BCUT2D eigenvalue weighted by molar-refractivity contribution is 8.00. The maximum Gasteiger partial charge on any atom is 0.261 e. The zero-order valence-corrected chi connectivity index (χ0v) is 16.3. The van der Waals surface area contributed by atoms with Gasteiger partial charge in [-0.3, -0.25) is 14.2 Å². The van der Waals surface area contributed by atoms with Crippen molar-refractivity contribution in [2.75, 3.05) is 6.54 Å². The van der Waals surface area contributed by atoms with E-state index >= 15 is 0 Å². The lowest BCUT2D eigenvalue weighted by Gasteiger charge is -2.15. The summed E-state index contributed by atoms with van der Waals surface area (Å²) in [6.07, 6.45) is 0. The van der Waals surface area contributed by atoms with E-state index in [0.29, 0.717) is 28.5 Å². The molecule has 3 aromatic rings. The molecule has 136 valence electrons. The third-order valence-electron chi connectivity index (χ3n) is 4.24. The Labute approximate surface area is 156 Å². The largest absolute Gasteiger partial charge is 0.355 e. The van der Waals surface area contributed by atoms with Crippen molar-refractivity contribution in [3.8, 4) is 0 Å². The minimum atomic E-state index is -0.329. The molecular weight excluding hydrogens is 346 g/mol. The zero-order valence-electron chi connectivity index (χ0n) is 15.4. The molecule has 1 amide bonds. The van der Waals surface area contributed by atoms with Crippen LogP contribution in [0.5, 0.6) is 0 Å². The molecule has 0 saturated heterocycles. The van der Waals surface area contributed by atoms with Crippen molar-refractivity contribution in [2.45, 2.75) is 31.2 Å². The molecule has 0 unspecified atom stereocenters. The van der Waals surface area contributed by atoms with Crippen LogP contribution in [0.4, 0.5) is 0 Å². The van der Waals surface area contributed by atoms with Crippen LogP contribution >= 0.6 is 11.8 Å². The quantitative estimate of drug-likeness (QED) is 0.426. The molecule has 0 aliphatic heterocycles. The van der Waals surface area contributed by atoms with E-state index in [2.05, 4.69) is 24.1 Å². The summed E-state index contributed by atoms with van der Waals surface area (Å²) in [7, 11) is 1.70. The fourth-order valence-electron chi connectivity index (χ4n) is 2.70. The number of rotatable bonds is 5. The highest BCUT2D eigenvalue weighted by Crippen LogP contribution is 2.24. The lowest BCUT2D eigenvalue weighted by molar-refractivity contribution is -0.120. The Balaban J connectivity index is 1.96. The van der Waals surface area contributed by atoms with E-state index in [4.69, 9.17) is 0 Å². The van der Waals surface area contributed by atoms with Crippen molar-refractivity contribution in [3.63, 3.8) is 0 Å². The fourth-order valence-corrected chi connectivity index (χ4v) is 3.60. The number of amides is 1. The van der Waals surface area contributed by atoms with Crippen LogP contribution < -0.4 is 10.9 Å². The maximum atomic E-state index is 12.8. The first-order valence-corrected chi connectivity index (χ1v) is 9.58. The van der Waals surface area contributed by atoms with Gasteiger partial charge in [0.1, 0.15) is 0 Å². The van der Waals surface area contributed by atoms with Crippen molar-refractivity contribution >= 4 is 39.3 Å². The van der Waals surface area contributed by atoms with Gasteiger partial charge in [-0.15, -0.1) is 0 Å². The molecule has 26 heavy (non-hydrogen) atoms. The van der Waals surface area contributed by atoms with Gasteiger partial charge in [-0.05, 0) is 35.7 Å². The number of fused-ring (bicyclic) bond motifs is 2. The highest BCUT2D eigenvalue weighted by atomic mass is 32.2. The molecule has 1 atom stereocenters. The van der Waals surface area contributed by atoms with Crippen LogP contribution in [0.15, 0.2) is 46.3 Å². The predicted molar refractivity (Wildman–Crippen MR) is 108 cm³/mol. The summed E-state index contributed by atoms with van der Waals surface area (Å²) in [6.45, 7) is 6.57. The molecule has 0 radical (unpaired) electrons. The highest BCUT2D eigenvalue weighted by Gasteiger charge is 2.18. The monoisotopic (exact) mass is 369 g/mol. The summed E-state index contributed by atoms with van der Waals surface area (Å²) in [6, 6.07) is 11.7. The summed E-state index contributed by atoms with van der Waals surface area (Å²) in [5.74, 6) is 0.351. The van der Waals surface area contributed by atoms with Crippen LogP contribution in [0.1, 0.15) is 20.8 Å². The van der Waals surface area contributed by atoms with Crippen LogP contribution in [-0.2, 0) is 11.8 Å². The van der Waals surface area contributed by atoms with Crippen LogP contribution in [0.2, 0.25) is 0 Å². The van der Waals surface area contributed by atoms with Crippen molar-refractivity contribution in [2.24, 2.45) is 13.0 Å². The molecule has 1 heterocycles. The smallest absolute Gasteiger partial charge is 0.261 e. The van der Waals surface area contributed by atoms with E-state index in [9.17, 15) is 9.59 Å². The molecule has 0 saturated carbocycles. The zero-order chi connectivity index (χ0) is 18.8. The summed E-state index contributed by atoms with van der Waals surface area (Å²) < 4.78 is 1.52. The standard InChI is InChI=1S/C20H23N3O2S/c1-12(2)11-21-18(24)13(3)26-20-22-17-10-15-8-6-5-7-14(15)9-16(17)19(25)23(20)4/h5-10,12-13H,11H2,1-4H3,(H,21,24)/t13-/m0/s1. The van der Waals surface area contributed by atoms with Gasteiger partial charge in [-0.2, -0.15) is 0 Å². The van der Waals surface area contributed by atoms with Crippen molar-refractivity contribution < 1.29 is 4.79 Å². The lowest BCUT2D eigenvalue weighted by atomic mass is 10.1. The molecule has 0 aliphatic carbocycles. The molecule has 0 bridgehead atoms. The van der Waals surface area contributed by atoms with E-state index in [1.165, 1.54) is 16.3 Å². The van der Waals surface area contributed by atoms with Gasteiger partial charge < -0.3 is 5.32 Å². The molecule has 0 spiro atoms. The number of carbonyl (C=O) groups is 1. The summed E-state index contributed by atoms with van der Waals surface area (Å²) >= 11 is 1.30. The number of hydrogen-bond acceptors (Lipinski definition) is 4. The number of thioether (sulfide) groups is 1. The second kappa shape index (κ2) is 7.50. The topological polar surface area (TPSA) is 64.0 Å². The molecule has 1 aromatic heterocycles. The predicted octanol–water partition coefficient (Wildman–Crippen LogP) is 3.34. The number of carbonyl (C=O) groups excluding carboxylic acids is 1. The van der Waals surface area contributed by atoms with Gasteiger partial charge in [0.15, 0.2) is 5.16 Å². The Morgan fingerprint density at radius 1 is 1.19 bits per heavy atom. The van der Waals surface area contributed by atoms with Crippen LogP contribution in [0.25, 0.3) is 21.7 Å². The first-order valence-electron chi connectivity index (χ1n) is 8.70. The van der Waals surface area contributed by atoms with Gasteiger partial charge in [0.2, 0.25) is 5.91 Å². The van der Waals surface area contributed by atoms with E-state index in [1.54, 1.807) is 7.05 Å². The van der Waals surface area contributed by atoms with E-state index in [0.717, 1.165) is 10.8 Å². The molecular formula is C20H23N3O2S. The SMILES string of the molecule is CC(C)CNC(=O)[C@H](C)Sc1nc2cc3ccccc3cc2c(=O)n1C. The first-order chi connectivity index (χ1) is 12.4. The summed E-state index contributed by atoms with van der Waals surface area (Å²) in [5.41, 5.74) is 0.558. The Hall–Kier alpha value is -2.34. The molecule has 3 rings (SSSR count). The number of nitrogens with one attached hydrogen (secondary N) is 1. The minimum Gasteiger partial charge on any atom is -0.355 e. The average Bonchev–Trinajstić information content (AvgIpc) is 2.62. The molecule has 5 nitrogen and oxygen atoms in total. The number of nitrogens with zero attached hydrogens (tertiary/aromatic N) is 2. The second-order valence-corrected chi connectivity index (χ2v) is 8.18. The van der Waals surface area contributed by atoms with Crippen LogP contribution in [0.3, 0.4) is 0 Å². The van der Waals surface area contributed by atoms with Crippen molar-refractivity contribution in [1.29, 1.82) is 0 Å². The number of aromatic nitrogens is 2. The van der Waals surface area contributed by atoms with Gasteiger partial charge >= 0.3 is 0 Å². The van der Waals surface area contributed by atoms with Crippen LogP contribution in [0, 0.1) is 5.92 Å². The Morgan fingerprint density at radius 2 is 1.85 bits per heavy atom. The lowest BCUT2D eigenvalue weighted by Crippen LogP contribution is -2.34. The molecule has 0 aliphatic rings. The third-order valence-corrected chi connectivity index (χ3v) is 5.38. The van der Waals surface area contributed by atoms with E-state index in [-0.39, 0.29) is 16.7 Å². The second-order valence-electron chi connectivity index (χ2n) is 6.87. The maximum absolute atomic E-state index is 12.8. The minimum absolute atomic E-state index is 0.0449. The Bertz CT molecular complexity index is 1030. The molecule has 0 fully saturated rings. The normalized spacial score (nSPS) is 12.7. The van der Waals surface area contributed by atoms with Crippen LogP contribution in [-0.4, -0.2) is 27.3 Å². The number of hydrogen-bond donors (Lipinski definition) is 1. The molecule has 6 heteroatoms. The van der Waals surface area contributed by atoms with Crippen molar-refractivity contribution in [3.05, 3.63) is 46.8 Å². The Kier molecular flexibility index (Phi) is 5.32. The summed E-state index contributed by atoms with van der Waals surface area (Å²) in [5, 5.41) is 5.79. The van der Waals surface area contributed by atoms with Gasteiger partial charge in [-0.25, -0.2) is 4.98 Å². The van der Waals surface area contributed by atoms with E-state index < -0.39 is 0 Å². The van der Waals surface area contributed by atoms with Crippen molar-refractivity contribution in [1.82, 2.24) is 14.9 Å². The fraction of sp³-hybridized carbons (Fsp3) is 0.350. The molecule has 2 aromatic carbocycles. The van der Waals surface area contributed by atoms with Gasteiger partial charge in [0, 0.05) is 13.6 Å². The van der Waals surface area contributed by atoms with Gasteiger partial charge in [0.05, 0.1) is 16.2 Å². The van der Waals surface area contributed by atoms with Gasteiger partial charge in [0.25, 0.3) is 5.56 Å². The molecule has 1 N–H and O–H groups in total.